The van der Waals surface area contributed by atoms with Gasteiger partial charge in [0.2, 0.25) is 11.9 Å². The molecule has 3 rings (SSSR count). The van der Waals surface area contributed by atoms with Crippen molar-refractivity contribution in [1.29, 1.82) is 0 Å². The molecule has 8 nitrogen and oxygen atoms in total. The smallest absolute Gasteiger partial charge is 0.255 e. The molecule has 144 valence electrons. The zero-order chi connectivity index (χ0) is 19.2. The quantitative estimate of drug-likeness (QED) is 0.831. The third-order valence-electron chi connectivity index (χ3n) is 4.46. The summed E-state index contributed by atoms with van der Waals surface area (Å²) >= 11 is 0. The minimum atomic E-state index is -0.223. The molecule has 0 unspecified atom stereocenters. The molecule has 1 aromatic heterocycles. The Morgan fingerprint density at radius 2 is 1.89 bits per heavy atom. The summed E-state index contributed by atoms with van der Waals surface area (Å²) in [5.74, 6) is 2.12. The maximum atomic E-state index is 12.5. The molecule has 0 atom stereocenters. The molecule has 1 aliphatic heterocycles. The highest BCUT2D eigenvalue weighted by molar-refractivity contribution is 5.96. The van der Waals surface area contributed by atoms with Crippen LogP contribution in [0.15, 0.2) is 24.3 Å². The summed E-state index contributed by atoms with van der Waals surface area (Å²) in [6.45, 7) is 2.12. The van der Waals surface area contributed by atoms with Gasteiger partial charge in [0.05, 0.1) is 19.2 Å². The molecule has 0 bridgehead atoms. The lowest BCUT2D eigenvalue weighted by Gasteiger charge is -2.27. The number of amides is 1. The molecule has 1 amide bonds. The van der Waals surface area contributed by atoms with Gasteiger partial charge in [-0.25, -0.2) is 0 Å². The number of benzene rings is 1. The Bertz CT molecular complexity index is 790. The second-order valence-corrected chi connectivity index (χ2v) is 6.68. The molecule has 1 saturated heterocycles. The van der Waals surface area contributed by atoms with Crippen molar-refractivity contribution in [3.8, 4) is 5.75 Å². The van der Waals surface area contributed by atoms with E-state index >= 15 is 0 Å². The Morgan fingerprint density at radius 1 is 1.15 bits per heavy atom. The van der Waals surface area contributed by atoms with Crippen molar-refractivity contribution in [3.63, 3.8) is 0 Å². The second-order valence-electron chi connectivity index (χ2n) is 6.68. The molecular weight excluding hydrogens is 344 g/mol. The Kier molecular flexibility index (Phi) is 6.05. The van der Waals surface area contributed by atoms with Gasteiger partial charge in [0.1, 0.15) is 5.75 Å². The largest absolute Gasteiger partial charge is 0.496 e. The molecule has 1 fully saturated rings. The van der Waals surface area contributed by atoms with Crippen molar-refractivity contribution in [1.82, 2.24) is 20.3 Å². The van der Waals surface area contributed by atoms with E-state index in [0.29, 0.717) is 29.0 Å². The van der Waals surface area contributed by atoms with Crippen molar-refractivity contribution in [2.45, 2.75) is 25.8 Å². The fraction of sp³-hybridized carbons (Fsp3) is 0.474. The summed E-state index contributed by atoms with van der Waals surface area (Å²) in [7, 11) is 5.34. The van der Waals surface area contributed by atoms with Gasteiger partial charge in [-0.2, -0.15) is 15.0 Å². The Hall–Kier alpha value is -2.90. The average Bonchev–Trinajstić information content (AvgIpc) is 2.72. The van der Waals surface area contributed by atoms with Gasteiger partial charge >= 0.3 is 0 Å². The molecule has 0 aliphatic carbocycles. The van der Waals surface area contributed by atoms with Crippen LogP contribution in [0.2, 0.25) is 0 Å². The molecule has 1 aliphatic rings. The maximum absolute atomic E-state index is 12.5. The summed E-state index contributed by atoms with van der Waals surface area (Å²) in [5, 5.41) is 2.88. The number of aromatic nitrogens is 3. The van der Waals surface area contributed by atoms with E-state index in [1.165, 1.54) is 6.42 Å². The Balaban J connectivity index is 1.77. The van der Waals surface area contributed by atoms with Crippen LogP contribution >= 0.6 is 0 Å². The van der Waals surface area contributed by atoms with E-state index in [2.05, 4.69) is 25.2 Å². The monoisotopic (exact) mass is 370 g/mol. The van der Waals surface area contributed by atoms with Gasteiger partial charge in [0, 0.05) is 27.2 Å². The highest BCUT2D eigenvalue weighted by Crippen LogP contribution is 2.19. The van der Waals surface area contributed by atoms with Crippen LogP contribution in [0, 0.1) is 0 Å². The molecule has 1 N–H and O–H groups in total. The van der Waals surface area contributed by atoms with Crippen molar-refractivity contribution >= 4 is 17.8 Å². The number of carbonyl (C=O) groups is 1. The number of carbonyl (C=O) groups excluding carboxylic acids is 1. The van der Waals surface area contributed by atoms with Crippen LogP contribution in [-0.4, -0.2) is 55.2 Å². The number of rotatable bonds is 6. The number of nitrogens with one attached hydrogen (secondary N) is 1. The van der Waals surface area contributed by atoms with E-state index in [9.17, 15) is 4.79 Å². The third kappa shape index (κ3) is 4.64. The molecule has 2 heterocycles. The van der Waals surface area contributed by atoms with E-state index in [-0.39, 0.29) is 12.5 Å². The number of anilines is 2. The minimum Gasteiger partial charge on any atom is -0.496 e. The van der Waals surface area contributed by atoms with Gasteiger partial charge in [-0.3, -0.25) is 4.79 Å². The average molecular weight is 370 g/mol. The molecule has 0 saturated carbocycles. The lowest BCUT2D eigenvalue weighted by molar-refractivity contribution is 0.0947. The first-order valence-electron chi connectivity index (χ1n) is 9.17. The standard InChI is InChI=1S/C19H26N6O2/c1-24(2)18-21-16(22-19(23-18)25-11-7-4-8-12-25)13-20-17(26)14-9-5-6-10-15(14)27-3/h5-6,9-10H,4,7-8,11-13H2,1-3H3,(H,20,26). The van der Waals surface area contributed by atoms with Crippen LogP contribution in [0.3, 0.4) is 0 Å². The van der Waals surface area contributed by atoms with Crippen LogP contribution in [0.1, 0.15) is 35.4 Å². The van der Waals surface area contributed by atoms with Crippen LogP contribution in [0.4, 0.5) is 11.9 Å². The number of ether oxygens (including phenoxy) is 1. The Morgan fingerprint density at radius 3 is 2.59 bits per heavy atom. The molecule has 1 aromatic carbocycles. The molecule has 0 spiro atoms. The van der Waals surface area contributed by atoms with E-state index in [0.717, 1.165) is 25.9 Å². The van der Waals surface area contributed by atoms with Crippen LogP contribution in [0.25, 0.3) is 0 Å². The van der Waals surface area contributed by atoms with Gasteiger partial charge < -0.3 is 19.9 Å². The van der Waals surface area contributed by atoms with Crippen molar-refractivity contribution in [2.75, 3.05) is 44.1 Å². The van der Waals surface area contributed by atoms with Crippen LogP contribution < -0.4 is 19.9 Å². The Labute approximate surface area is 159 Å². The topological polar surface area (TPSA) is 83.5 Å². The number of nitrogens with zero attached hydrogens (tertiary/aromatic N) is 5. The number of methoxy groups -OCH3 is 1. The zero-order valence-corrected chi connectivity index (χ0v) is 16.1. The normalized spacial score (nSPS) is 14.0. The number of hydrogen-bond donors (Lipinski definition) is 1. The lowest BCUT2D eigenvalue weighted by Crippen LogP contribution is -2.33. The highest BCUT2D eigenvalue weighted by atomic mass is 16.5. The second kappa shape index (κ2) is 8.66. The molecule has 0 radical (unpaired) electrons. The molecule has 27 heavy (non-hydrogen) atoms. The summed E-state index contributed by atoms with van der Waals surface area (Å²) in [4.78, 5) is 30.2. The zero-order valence-electron chi connectivity index (χ0n) is 16.1. The van der Waals surface area contributed by atoms with Crippen LogP contribution in [0.5, 0.6) is 5.75 Å². The van der Waals surface area contributed by atoms with Gasteiger partial charge in [0.25, 0.3) is 5.91 Å². The predicted molar refractivity (Wildman–Crippen MR) is 104 cm³/mol. The van der Waals surface area contributed by atoms with Gasteiger partial charge in [-0.15, -0.1) is 0 Å². The van der Waals surface area contributed by atoms with Gasteiger partial charge in [0.15, 0.2) is 5.82 Å². The first kappa shape index (κ1) is 18.9. The SMILES string of the molecule is COc1ccccc1C(=O)NCc1nc(N(C)C)nc(N2CCCCC2)n1. The highest BCUT2D eigenvalue weighted by Gasteiger charge is 2.18. The van der Waals surface area contributed by atoms with E-state index in [4.69, 9.17) is 4.74 Å². The summed E-state index contributed by atoms with van der Waals surface area (Å²) < 4.78 is 5.25. The third-order valence-corrected chi connectivity index (χ3v) is 4.46. The number of hydrogen-bond acceptors (Lipinski definition) is 7. The first-order valence-corrected chi connectivity index (χ1v) is 9.17. The summed E-state index contributed by atoms with van der Waals surface area (Å²) in [6.07, 6.45) is 3.52. The molecular formula is C19H26N6O2. The number of para-hydroxylation sites is 1. The van der Waals surface area contributed by atoms with Crippen molar-refractivity contribution in [2.24, 2.45) is 0 Å². The fourth-order valence-corrected chi connectivity index (χ4v) is 3.00. The van der Waals surface area contributed by atoms with Gasteiger partial charge in [-0.1, -0.05) is 12.1 Å². The maximum Gasteiger partial charge on any atom is 0.255 e. The van der Waals surface area contributed by atoms with E-state index in [1.807, 2.05) is 25.1 Å². The molecule has 2 aromatic rings. The van der Waals surface area contributed by atoms with E-state index in [1.54, 1.807) is 25.3 Å². The van der Waals surface area contributed by atoms with E-state index < -0.39 is 0 Å². The molecule has 8 heteroatoms. The van der Waals surface area contributed by atoms with Crippen molar-refractivity contribution < 1.29 is 9.53 Å². The van der Waals surface area contributed by atoms with Crippen LogP contribution in [-0.2, 0) is 6.54 Å². The van der Waals surface area contributed by atoms with Gasteiger partial charge in [-0.05, 0) is 31.4 Å². The summed E-state index contributed by atoms with van der Waals surface area (Å²) in [5.41, 5.74) is 0.484. The number of piperidine rings is 1. The summed E-state index contributed by atoms with van der Waals surface area (Å²) in [6, 6.07) is 7.12. The van der Waals surface area contributed by atoms with Crippen molar-refractivity contribution in [3.05, 3.63) is 35.7 Å². The fourth-order valence-electron chi connectivity index (χ4n) is 3.00. The minimum absolute atomic E-state index is 0.223. The lowest BCUT2D eigenvalue weighted by atomic mass is 10.1. The first-order chi connectivity index (χ1) is 13.1. The predicted octanol–water partition coefficient (Wildman–Crippen LogP) is 1.87.